The van der Waals surface area contributed by atoms with Gasteiger partial charge in [-0.25, -0.2) is 4.98 Å². The molecule has 0 spiro atoms. The van der Waals surface area contributed by atoms with Crippen LogP contribution in [-0.4, -0.2) is 63.6 Å². The van der Waals surface area contributed by atoms with Crippen molar-refractivity contribution in [2.45, 2.75) is 64.3 Å². The van der Waals surface area contributed by atoms with Gasteiger partial charge in [0, 0.05) is 48.6 Å². The zero-order valence-corrected chi connectivity index (χ0v) is 29.5. The van der Waals surface area contributed by atoms with E-state index in [4.69, 9.17) is 30.5 Å². The molecular formula is C40H40ClN5O5. The minimum Gasteiger partial charge on any atom is -0.488 e. The Balaban J connectivity index is 1.12. The van der Waals surface area contributed by atoms with E-state index in [1.165, 1.54) is 6.20 Å². The number of ether oxygens (including phenoxy) is 2. The third kappa shape index (κ3) is 7.71. The fraction of sp³-hybridized carbons (Fsp3) is 0.350. The van der Waals surface area contributed by atoms with Gasteiger partial charge in [-0.2, -0.15) is 5.26 Å². The molecule has 2 aliphatic rings. The number of aromatic nitrogens is 2. The van der Waals surface area contributed by atoms with Crippen LogP contribution in [0, 0.1) is 18.3 Å². The van der Waals surface area contributed by atoms with Crippen molar-refractivity contribution in [3.05, 3.63) is 106 Å². The molecule has 2 aliphatic heterocycles. The van der Waals surface area contributed by atoms with E-state index in [-0.39, 0.29) is 13.2 Å². The number of benzene rings is 3. The average Bonchev–Trinajstić information content (AvgIpc) is 3.77. The van der Waals surface area contributed by atoms with Crippen molar-refractivity contribution in [2.24, 2.45) is 0 Å². The number of aliphatic carboxylic acids is 1. The molecule has 10 nitrogen and oxygen atoms in total. The second-order valence-corrected chi connectivity index (χ2v) is 14.0. The summed E-state index contributed by atoms with van der Waals surface area (Å²) in [5.41, 5.74) is 7.79. The van der Waals surface area contributed by atoms with Gasteiger partial charge < -0.3 is 23.9 Å². The summed E-state index contributed by atoms with van der Waals surface area (Å²) in [4.78, 5) is 25.3. The summed E-state index contributed by atoms with van der Waals surface area (Å²) in [7, 11) is 2.13. The molecule has 2 saturated heterocycles. The minimum absolute atomic E-state index is 0.162. The first-order chi connectivity index (χ1) is 24.7. The Morgan fingerprint density at radius 1 is 1.04 bits per heavy atom. The molecule has 262 valence electrons. The number of halogens is 1. The molecule has 11 heteroatoms. The summed E-state index contributed by atoms with van der Waals surface area (Å²) in [5.74, 6) is 1.27. The number of rotatable bonds is 11. The molecular weight excluding hydrogens is 666 g/mol. The van der Waals surface area contributed by atoms with Crippen molar-refractivity contribution in [1.29, 1.82) is 5.26 Å². The van der Waals surface area contributed by atoms with Crippen molar-refractivity contribution in [3.63, 3.8) is 0 Å². The van der Waals surface area contributed by atoms with E-state index in [1.54, 1.807) is 24.4 Å². The highest BCUT2D eigenvalue weighted by Crippen LogP contribution is 2.37. The molecule has 3 aromatic carbocycles. The van der Waals surface area contributed by atoms with E-state index in [9.17, 15) is 15.2 Å². The zero-order chi connectivity index (χ0) is 35.5. The number of likely N-dealkylation sites (N-methyl/N-ethyl adjacent to an activating group) is 1. The van der Waals surface area contributed by atoms with Crippen molar-refractivity contribution in [3.8, 4) is 28.7 Å². The molecule has 2 fully saturated rings. The Morgan fingerprint density at radius 3 is 2.71 bits per heavy atom. The fourth-order valence-corrected chi connectivity index (χ4v) is 7.38. The van der Waals surface area contributed by atoms with Gasteiger partial charge in [0.05, 0.1) is 10.6 Å². The highest BCUT2D eigenvalue weighted by Gasteiger charge is 2.30. The molecule has 5 aromatic rings. The lowest BCUT2D eigenvalue weighted by Gasteiger charge is -2.33. The van der Waals surface area contributed by atoms with Gasteiger partial charge in [-0.05, 0) is 92.8 Å². The van der Waals surface area contributed by atoms with Crippen molar-refractivity contribution in [2.75, 3.05) is 26.7 Å². The molecule has 4 heterocycles. The van der Waals surface area contributed by atoms with E-state index in [2.05, 4.69) is 48.1 Å². The summed E-state index contributed by atoms with van der Waals surface area (Å²) >= 11 is 6.84. The molecule has 0 saturated carbocycles. The lowest BCUT2D eigenvalue weighted by Crippen LogP contribution is -2.44. The third-order valence-corrected chi connectivity index (χ3v) is 10.3. The Labute approximate surface area is 302 Å². The van der Waals surface area contributed by atoms with Gasteiger partial charge in [-0.1, -0.05) is 42.3 Å². The number of oxazole rings is 1. The topological polar surface area (TPSA) is 125 Å². The number of carboxylic acid groups (broad SMARTS) is 1. The normalized spacial score (nSPS) is 18.2. The molecule has 0 radical (unpaired) electrons. The number of nitrogens with zero attached hydrogens (tertiary/aromatic N) is 5. The lowest BCUT2D eigenvalue weighted by molar-refractivity contribution is -0.144. The zero-order valence-electron chi connectivity index (χ0n) is 28.8. The van der Waals surface area contributed by atoms with Crippen LogP contribution in [0.15, 0.2) is 71.4 Å². The van der Waals surface area contributed by atoms with Gasteiger partial charge in [0.15, 0.2) is 11.5 Å². The van der Waals surface area contributed by atoms with Gasteiger partial charge in [0.1, 0.15) is 42.3 Å². The van der Waals surface area contributed by atoms with Crippen LogP contribution in [0.3, 0.4) is 0 Å². The van der Waals surface area contributed by atoms with Crippen LogP contribution in [0.5, 0.6) is 11.5 Å². The standard InChI is InChI=1S/C40H40ClN5O5/c1-25-30(6-5-7-32(25)28-9-10-36-34(16-28)44-39(51-36)29-11-13-45(2)21-29)24-50-38-17-37(49-23-27-14-26(18-42)19-43-20-27)31(15-33(38)41)22-46-12-4-3-8-35(46)40(47)48/h5-7,9-10,14-17,19-20,29,35H,3-4,8,11-13,21-24H2,1-2H3,(H,47,48)/t29?,35-/m0/s1. The van der Waals surface area contributed by atoms with E-state index in [1.807, 2.05) is 23.1 Å². The Kier molecular flexibility index (Phi) is 10.2. The highest BCUT2D eigenvalue weighted by molar-refractivity contribution is 6.32. The van der Waals surface area contributed by atoms with Crippen LogP contribution in [-0.2, 0) is 24.6 Å². The van der Waals surface area contributed by atoms with E-state index in [0.717, 1.165) is 82.7 Å². The summed E-state index contributed by atoms with van der Waals surface area (Å²) in [5, 5.41) is 19.6. The Hall–Kier alpha value is -4.95. The second kappa shape index (κ2) is 15.1. The molecule has 1 unspecified atom stereocenters. The number of carboxylic acids is 1. The van der Waals surface area contributed by atoms with Crippen LogP contribution in [0.1, 0.15) is 65.3 Å². The van der Waals surface area contributed by atoms with Crippen molar-refractivity contribution in [1.82, 2.24) is 19.8 Å². The quantitative estimate of drug-likeness (QED) is 0.146. The first-order valence-corrected chi connectivity index (χ1v) is 17.7. The highest BCUT2D eigenvalue weighted by atomic mass is 35.5. The third-order valence-electron chi connectivity index (χ3n) is 9.99. The van der Waals surface area contributed by atoms with E-state index >= 15 is 0 Å². The van der Waals surface area contributed by atoms with Crippen LogP contribution in [0.25, 0.3) is 22.2 Å². The molecule has 2 atom stereocenters. The molecule has 2 aromatic heterocycles. The largest absolute Gasteiger partial charge is 0.488 e. The smallest absolute Gasteiger partial charge is 0.320 e. The monoisotopic (exact) mass is 705 g/mol. The van der Waals surface area contributed by atoms with Crippen LogP contribution >= 0.6 is 11.6 Å². The Morgan fingerprint density at radius 2 is 1.90 bits per heavy atom. The van der Waals surface area contributed by atoms with Gasteiger partial charge in [-0.15, -0.1) is 0 Å². The predicted octanol–water partition coefficient (Wildman–Crippen LogP) is 7.74. The number of piperidine rings is 1. The maximum Gasteiger partial charge on any atom is 0.320 e. The summed E-state index contributed by atoms with van der Waals surface area (Å²) in [6.45, 7) is 5.55. The van der Waals surface area contributed by atoms with Crippen molar-refractivity contribution >= 4 is 28.7 Å². The predicted molar refractivity (Wildman–Crippen MR) is 194 cm³/mol. The van der Waals surface area contributed by atoms with Gasteiger partial charge in [0.25, 0.3) is 0 Å². The van der Waals surface area contributed by atoms with Gasteiger partial charge in [0.2, 0.25) is 0 Å². The first-order valence-electron chi connectivity index (χ1n) is 17.3. The number of pyridine rings is 1. The van der Waals surface area contributed by atoms with Crippen LogP contribution in [0.2, 0.25) is 5.02 Å². The fourth-order valence-electron chi connectivity index (χ4n) is 7.14. The summed E-state index contributed by atoms with van der Waals surface area (Å²) in [6, 6.07) is 19.2. The number of hydrogen-bond acceptors (Lipinski definition) is 9. The SMILES string of the molecule is Cc1c(COc2cc(OCc3cncc(C#N)c3)c(CN3CCCC[C@H]3C(=O)O)cc2Cl)cccc1-c1ccc2oc(C3CCN(C)C3)nc2c1. The average molecular weight is 706 g/mol. The second-order valence-electron chi connectivity index (χ2n) is 13.6. The van der Waals surface area contributed by atoms with Gasteiger partial charge in [-0.3, -0.25) is 14.7 Å². The number of fused-ring (bicyclic) bond motifs is 1. The van der Waals surface area contributed by atoms with Crippen molar-refractivity contribution < 1.29 is 23.8 Å². The molecule has 7 rings (SSSR count). The maximum absolute atomic E-state index is 12.1. The molecule has 0 aliphatic carbocycles. The molecule has 0 bridgehead atoms. The molecule has 51 heavy (non-hydrogen) atoms. The summed E-state index contributed by atoms with van der Waals surface area (Å²) in [6.07, 6.45) is 6.60. The number of nitriles is 1. The number of likely N-dealkylation sites (tertiary alicyclic amines) is 2. The van der Waals surface area contributed by atoms with E-state index < -0.39 is 12.0 Å². The van der Waals surface area contributed by atoms with Gasteiger partial charge >= 0.3 is 5.97 Å². The molecule has 1 N–H and O–H groups in total. The van der Waals surface area contributed by atoms with Crippen LogP contribution < -0.4 is 9.47 Å². The van der Waals surface area contributed by atoms with Crippen LogP contribution in [0.4, 0.5) is 0 Å². The minimum atomic E-state index is -0.831. The van der Waals surface area contributed by atoms with E-state index in [0.29, 0.717) is 47.5 Å². The molecule has 0 amide bonds. The first kappa shape index (κ1) is 34.5. The maximum atomic E-state index is 12.1. The summed E-state index contributed by atoms with van der Waals surface area (Å²) < 4.78 is 18.8. The number of hydrogen-bond donors (Lipinski definition) is 1. The lowest BCUT2D eigenvalue weighted by atomic mass is 9.96. The number of carbonyl (C=O) groups is 1. The Bertz CT molecular complexity index is 2110.